The molecule has 0 heterocycles. The summed E-state index contributed by atoms with van der Waals surface area (Å²) in [5.41, 5.74) is 0.787. The van der Waals surface area contributed by atoms with Gasteiger partial charge in [-0.15, -0.1) is 0 Å². The van der Waals surface area contributed by atoms with Gasteiger partial charge < -0.3 is 14.7 Å². The van der Waals surface area contributed by atoms with E-state index in [0.717, 1.165) is 5.56 Å². The van der Waals surface area contributed by atoms with Crippen molar-refractivity contribution in [2.24, 2.45) is 11.8 Å². The van der Waals surface area contributed by atoms with Gasteiger partial charge in [-0.3, -0.25) is 9.59 Å². The van der Waals surface area contributed by atoms with Crippen LogP contribution in [0, 0.1) is 11.8 Å². The monoisotopic (exact) mass is 327 g/mol. The molecule has 1 aromatic rings. The number of nitrogens with zero attached hydrogens (tertiary/aromatic N) is 1. The first-order chi connectivity index (χ1) is 10.9. The average Bonchev–Trinajstić information content (AvgIpc) is 2.98. The third-order valence-corrected chi connectivity index (χ3v) is 4.08. The quantitative estimate of drug-likeness (QED) is 0.872. The number of hydrogen-bond acceptors (Lipinski definition) is 3. The smallest absolute Gasteiger partial charge is 0.387 e. The lowest BCUT2D eigenvalue weighted by Gasteiger charge is -2.21. The minimum absolute atomic E-state index is 0.0674. The normalized spacial score (nSPS) is 20.5. The van der Waals surface area contributed by atoms with E-state index in [9.17, 15) is 18.4 Å². The predicted molar refractivity (Wildman–Crippen MR) is 78.0 cm³/mol. The number of aliphatic carboxylic acids is 1. The molecule has 0 aromatic heterocycles. The van der Waals surface area contributed by atoms with Gasteiger partial charge >= 0.3 is 12.6 Å². The van der Waals surface area contributed by atoms with E-state index in [0.29, 0.717) is 25.8 Å². The molecule has 0 radical (unpaired) electrons. The maximum atomic E-state index is 12.3. The summed E-state index contributed by atoms with van der Waals surface area (Å²) in [5.74, 6) is -1.57. The number of ether oxygens (including phenoxy) is 1. The summed E-state index contributed by atoms with van der Waals surface area (Å²) in [6.07, 6.45) is 1.49. The lowest BCUT2D eigenvalue weighted by atomic mass is 10.0. The van der Waals surface area contributed by atoms with Crippen molar-refractivity contribution in [2.75, 3.05) is 7.05 Å². The summed E-state index contributed by atoms with van der Waals surface area (Å²) in [6.45, 7) is -2.53. The predicted octanol–water partition coefficient (Wildman–Crippen LogP) is 2.75. The zero-order valence-electron chi connectivity index (χ0n) is 12.7. The largest absolute Gasteiger partial charge is 0.481 e. The maximum absolute atomic E-state index is 12.3. The minimum Gasteiger partial charge on any atom is -0.481 e. The van der Waals surface area contributed by atoms with Crippen LogP contribution in [-0.2, 0) is 16.1 Å². The third kappa shape index (κ3) is 4.64. The molecule has 7 heteroatoms. The second kappa shape index (κ2) is 7.39. The van der Waals surface area contributed by atoms with E-state index in [-0.39, 0.29) is 17.6 Å². The Morgan fingerprint density at radius 1 is 1.26 bits per heavy atom. The van der Waals surface area contributed by atoms with E-state index >= 15 is 0 Å². The summed E-state index contributed by atoms with van der Waals surface area (Å²) in [5, 5.41) is 8.98. The highest BCUT2D eigenvalue weighted by molar-refractivity contribution is 5.80. The van der Waals surface area contributed by atoms with Crippen LogP contribution in [0.4, 0.5) is 8.78 Å². The van der Waals surface area contributed by atoms with E-state index in [1.807, 2.05) is 0 Å². The highest BCUT2D eigenvalue weighted by atomic mass is 19.3. The Hall–Kier alpha value is -2.18. The van der Waals surface area contributed by atoms with Crippen LogP contribution in [0.15, 0.2) is 24.3 Å². The summed E-state index contributed by atoms with van der Waals surface area (Å²) < 4.78 is 28.4. The number of halogens is 2. The Labute approximate surface area is 132 Å². The molecule has 0 bridgehead atoms. The summed E-state index contributed by atoms with van der Waals surface area (Å²) in [6, 6.07) is 6.10. The van der Waals surface area contributed by atoms with E-state index in [1.165, 1.54) is 17.0 Å². The van der Waals surface area contributed by atoms with Crippen molar-refractivity contribution in [3.8, 4) is 5.75 Å². The van der Waals surface area contributed by atoms with Gasteiger partial charge in [0, 0.05) is 19.5 Å². The van der Waals surface area contributed by atoms with Gasteiger partial charge in [0.2, 0.25) is 5.91 Å². The molecular formula is C16H19F2NO4. The number of rotatable bonds is 6. The molecule has 126 valence electrons. The molecule has 23 heavy (non-hydrogen) atoms. The maximum Gasteiger partial charge on any atom is 0.387 e. The van der Waals surface area contributed by atoms with Crippen LogP contribution in [0.5, 0.6) is 5.75 Å². The van der Waals surface area contributed by atoms with Crippen molar-refractivity contribution in [1.82, 2.24) is 4.90 Å². The molecule has 1 amide bonds. The number of carboxylic acids is 1. The molecule has 1 aliphatic rings. The fraction of sp³-hybridized carbons (Fsp3) is 0.500. The third-order valence-electron chi connectivity index (χ3n) is 4.08. The lowest BCUT2D eigenvalue weighted by Crippen LogP contribution is -2.31. The molecule has 1 fully saturated rings. The topological polar surface area (TPSA) is 66.8 Å². The van der Waals surface area contributed by atoms with E-state index in [1.54, 1.807) is 19.2 Å². The molecule has 2 atom stereocenters. The van der Waals surface area contributed by atoms with Crippen molar-refractivity contribution in [3.05, 3.63) is 29.8 Å². The standard InChI is InChI=1S/C16H19F2NO4/c1-19(14(20)11-4-5-12(8-11)15(21)22)9-10-2-6-13(7-3-10)23-16(17)18/h2-3,6-7,11-12,16H,4-5,8-9H2,1H3,(H,21,22)/t11-,12+/m1/s1. The molecule has 1 N–H and O–H groups in total. The molecule has 1 aromatic carbocycles. The number of carbonyl (C=O) groups excluding carboxylic acids is 1. The second-order valence-corrected chi connectivity index (χ2v) is 5.76. The van der Waals surface area contributed by atoms with Crippen molar-refractivity contribution in [2.45, 2.75) is 32.4 Å². The van der Waals surface area contributed by atoms with Crippen LogP contribution in [-0.4, -0.2) is 35.5 Å². The molecule has 0 aliphatic heterocycles. The van der Waals surface area contributed by atoms with Crippen molar-refractivity contribution in [3.63, 3.8) is 0 Å². The van der Waals surface area contributed by atoms with Crippen LogP contribution in [0.3, 0.4) is 0 Å². The molecule has 1 saturated carbocycles. The number of hydrogen-bond donors (Lipinski definition) is 1. The van der Waals surface area contributed by atoms with Gasteiger partial charge in [-0.05, 0) is 37.0 Å². The van der Waals surface area contributed by atoms with Crippen LogP contribution in [0.25, 0.3) is 0 Å². The highest BCUT2D eigenvalue weighted by Gasteiger charge is 2.35. The van der Waals surface area contributed by atoms with Gasteiger partial charge in [0.15, 0.2) is 0 Å². The number of benzene rings is 1. The zero-order chi connectivity index (χ0) is 17.0. The van der Waals surface area contributed by atoms with Gasteiger partial charge in [0.1, 0.15) is 5.75 Å². The second-order valence-electron chi connectivity index (χ2n) is 5.76. The molecule has 0 spiro atoms. The van der Waals surface area contributed by atoms with Gasteiger partial charge in [-0.25, -0.2) is 0 Å². The first-order valence-electron chi connectivity index (χ1n) is 7.38. The zero-order valence-corrected chi connectivity index (χ0v) is 12.7. The highest BCUT2D eigenvalue weighted by Crippen LogP contribution is 2.32. The average molecular weight is 327 g/mol. The Kier molecular flexibility index (Phi) is 5.52. The van der Waals surface area contributed by atoms with E-state index < -0.39 is 18.5 Å². The summed E-state index contributed by atoms with van der Waals surface area (Å²) >= 11 is 0. The fourth-order valence-corrected chi connectivity index (χ4v) is 2.87. The van der Waals surface area contributed by atoms with Gasteiger partial charge in [0.25, 0.3) is 0 Å². The Morgan fingerprint density at radius 3 is 2.39 bits per heavy atom. The molecular weight excluding hydrogens is 308 g/mol. The van der Waals surface area contributed by atoms with E-state index in [4.69, 9.17) is 5.11 Å². The Bertz CT molecular complexity index is 562. The van der Waals surface area contributed by atoms with Crippen LogP contribution in [0.1, 0.15) is 24.8 Å². The molecule has 0 saturated heterocycles. The van der Waals surface area contributed by atoms with Gasteiger partial charge in [-0.2, -0.15) is 8.78 Å². The lowest BCUT2D eigenvalue weighted by molar-refractivity contribution is -0.141. The molecule has 1 aliphatic carbocycles. The SMILES string of the molecule is CN(Cc1ccc(OC(F)F)cc1)C(=O)[C@@H]1CC[C@H](C(=O)O)C1. The van der Waals surface area contributed by atoms with E-state index in [2.05, 4.69) is 4.74 Å². The number of amides is 1. The molecule has 5 nitrogen and oxygen atoms in total. The number of carboxylic acid groups (broad SMARTS) is 1. The van der Waals surface area contributed by atoms with Gasteiger partial charge in [-0.1, -0.05) is 12.1 Å². The Morgan fingerprint density at radius 2 is 1.87 bits per heavy atom. The summed E-state index contributed by atoms with van der Waals surface area (Å²) in [7, 11) is 1.65. The van der Waals surface area contributed by atoms with Gasteiger partial charge in [0.05, 0.1) is 5.92 Å². The summed E-state index contributed by atoms with van der Waals surface area (Å²) in [4.78, 5) is 24.8. The van der Waals surface area contributed by atoms with Crippen LogP contribution >= 0.6 is 0 Å². The molecule has 2 rings (SSSR count). The van der Waals surface area contributed by atoms with Crippen molar-refractivity contribution in [1.29, 1.82) is 0 Å². The minimum atomic E-state index is -2.87. The van der Waals surface area contributed by atoms with Crippen molar-refractivity contribution >= 4 is 11.9 Å². The Balaban J connectivity index is 1.90. The van der Waals surface area contributed by atoms with Crippen LogP contribution in [0.2, 0.25) is 0 Å². The van der Waals surface area contributed by atoms with Crippen LogP contribution < -0.4 is 4.74 Å². The first kappa shape index (κ1) is 17.2. The number of alkyl halides is 2. The van der Waals surface area contributed by atoms with Crippen molar-refractivity contribution < 1.29 is 28.2 Å². The number of carbonyl (C=O) groups is 2. The fourth-order valence-electron chi connectivity index (χ4n) is 2.87. The first-order valence-corrected chi connectivity index (χ1v) is 7.38. The molecule has 0 unspecified atom stereocenters.